The van der Waals surface area contributed by atoms with Gasteiger partial charge in [0, 0.05) is 42.5 Å². The Morgan fingerprint density at radius 2 is 1.39 bits per heavy atom. The smallest absolute Gasteiger partial charge is 0.164 e. The number of methoxy groups -OCH3 is 1. The van der Waals surface area contributed by atoms with Gasteiger partial charge in [-0.3, -0.25) is 9.97 Å². The lowest BCUT2D eigenvalue weighted by atomic mass is 10.2. The molecule has 6 heterocycles. The minimum absolute atomic E-state index is 0.507. The summed E-state index contributed by atoms with van der Waals surface area (Å²) in [4.78, 5) is 28.4. The van der Waals surface area contributed by atoms with Crippen molar-refractivity contribution < 1.29 is 4.74 Å². The number of pyridine rings is 2. The van der Waals surface area contributed by atoms with Crippen molar-refractivity contribution in [2.45, 2.75) is 20.4 Å². The van der Waals surface area contributed by atoms with Crippen LogP contribution in [0.5, 0.6) is 5.75 Å². The number of anilines is 1. The van der Waals surface area contributed by atoms with E-state index in [1.165, 1.54) is 0 Å². The van der Waals surface area contributed by atoms with E-state index in [-0.39, 0.29) is 0 Å². The normalized spacial score (nSPS) is 10.9. The van der Waals surface area contributed by atoms with E-state index >= 15 is 0 Å². The van der Waals surface area contributed by atoms with Gasteiger partial charge in [-0.25, -0.2) is 19.9 Å². The average molecular weight is 659 g/mol. The number of nitrogens with zero attached hydrogens (tertiary/aromatic N) is 6. The summed E-state index contributed by atoms with van der Waals surface area (Å²) in [6.45, 7) is 4.68. The van der Waals surface area contributed by atoms with Gasteiger partial charge in [0.1, 0.15) is 26.4 Å². The molecule has 0 aliphatic carbocycles. The predicted octanol–water partition coefficient (Wildman–Crippen LogP) is 9.05. The first kappa shape index (κ1) is 29.8. The van der Waals surface area contributed by atoms with Crippen LogP contribution in [0.4, 0.5) is 5.82 Å². The highest BCUT2D eigenvalue weighted by atomic mass is 35.5. The van der Waals surface area contributed by atoms with Crippen molar-refractivity contribution in [1.29, 1.82) is 0 Å². The molecular formula is C32H25Cl2N7OS2. The van der Waals surface area contributed by atoms with Gasteiger partial charge in [0.2, 0.25) is 0 Å². The van der Waals surface area contributed by atoms with Crippen molar-refractivity contribution in [2.75, 3.05) is 12.4 Å². The van der Waals surface area contributed by atoms with Crippen molar-refractivity contribution in [3.63, 3.8) is 0 Å². The van der Waals surface area contributed by atoms with Crippen molar-refractivity contribution in [2.24, 2.45) is 0 Å². The molecule has 12 heteroatoms. The Morgan fingerprint density at radius 3 is 1.98 bits per heavy atom. The molecule has 1 aromatic carbocycles. The number of hydrogen-bond acceptors (Lipinski definition) is 10. The van der Waals surface area contributed by atoms with E-state index in [4.69, 9.17) is 37.9 Å². The Bertz CT molecular complexity index is 2070. The van der Waals surface area contributed by atoms with Gasteiger partial charge in [-0.1, -0.05) is 29.3 Å². The molecule has 7 aromatic rings. The summed E-state index contributed by atoms with van der Waals surface area (Å²) in [6.07, 6.45) is 6.97. The van der Waals surface area contributed by atoms with Crippen LogP contribution in [0.15, 0.2) is 78.0 Å². The van der Waals surface area contributed by atoms with Gasteiger partial charge >= 0.3 is 0 Å². The van der Waals surface area contributed by atoms with Gasteiger partial charge in [0.25, 0.3) is 0 Å². The molecule has 0 saturated heterocycles. The topological polar surface area (TPSA) is 98.6 Å². The lowest BCUT2D eigenvalue weighted by molar-refractivity contribution is 0.415. The van der Waals surface area contributed by atoms with E-state index in [1.807, 2.05) is 54.8 Å². The number of aromatic nitrogens is 6. The summed E-state index contributed by atoms with van der Waals surface area (Å²) in [5, 5.41) is 10.7. The summed E-state index contributed by atoms with van der Waals surface area (Å²) < 4.78 is 5.21. The van der Waals surface area contributed by atoms with Crippen LogP contribution in [0.3, 0.4) is 0 Å². The predicted molar refractivity (Wildman–Crippen MR) is 181 cm³/mol. The molecule has 8 nitrogen and oxygen atoms in total. The molecule has 0 fully saturated rings. The average Bonchev–Trinajstić information content (AvgIpc) is 3.63. The van der Waals surface area contributed by atoms with Gasteiger partial charge in [-0.05, 0) is 77.7 Å². The highest BCUT2D eigenvalue weighted by Gasteiger charge is 2.14. The van der Waals surface area contributed by atoms with E-state index in [0.717, 1.165) is 54.1 Å². The Kier molecular flexibility index (Phi) is 8.94. The number of fused-ring (bicyclic) bond motifs is 2. The lowest BCUT2D eigenvalue weighted by Gasteiger charge is -2.11. The van der Waals surface area contributed by atoms with E-state index in [9.17, 15) is 0 Å². The molecule has 1 N–H and O–H groups in total. The van der Waals surface area contributed by atoms with Crippen LogP contribution >= 0.6 is 45.9 Å². The van der Waals surface area contributed by atoms with Crippen molar-refractivity contribution in [3.8, 4) is 28.5 Å². The van der Waals surface area contributed by atoms with E-state index in [2.05, 4.69) is 37.6 Å². The number of ether oxygens (including phenoxy) is 1. The fraction of sp³-hybridized carbons (Fsp3) is 0.125. The molecule has 7 rings (SSSR count). The molecule has 0 amide bonds. The summed E-state index contributed by atoms with van der Waals surface area (Å²) in [6, 6.07) is 13.4. The first-order valence-electron chi connectivity index (χ1n) is 13.5. The van der Waals surface area contributed by atoms with Crippen molar-refractivity contribution >= 4 is 72.1 Å². The van der Waals surface area contributed by atoms with Gasteiger partial charge in [-0.15, -0.1) is 22.7 Å². The van der Waals surface area contributed by atoms with E-state index < -0.39 is 0 Å². The number of thiophene rings is 2. The molecule has 44 heavy (non-hydrogen) atoms. The zero-order chi connectivity index (χ0) is 30.6. The number of nitrogens with one attached hydrogen (secondary N) is 1. The molecular weight excluding hydrogens is 633 g/mol. The maximum absolute atomic E-state index is 6.24. The van der Waals surface area contributed by atoms with Gasteiger partial charge < -0.3 is 10.1 Å². The summed E-state index contributed by atoms with van der Waals surface area (Å²) in [5.41, 5.74) is 5.09. The number of halogens is 2. The molecule has 0 atom stereocenters. The van der Waals surface area contributed by atoms with Crippen LogP contribution in [0.2, 0.25) is 10.2 Å². The summed E-state index contributed by atoms with van der Waals surface area (Å²) in [7, 11) is 1.61. The standard InChI is InChI=1S/C20H17ClN4OS.C12H8ClN3S/c1-12-11-27-20-17(12)19(24-18(25-20)14-4-3-7-22-10-14)23-9-13-5-6-16(26-2)15(21)8-13;1-7-6-17-12-9(7)10(13)15-11(16-12)8-3-2-4-14-5-8/h3-8,10-11H,9H2,1-2H3,(H,23,24,25);2-6H,1H3. The van der Waals surface area contributed by atoms with Crippen LogP contribution in [0.1, 0.15) is 16.7 Å². The molecule has 220 valence electrons. The Labute approximate surface area is 271 Å². The zero-order valence-electron chi connectivity index (χ0n) is 23.9. The minimum atomic E-state index is 0.507. The fourth-order valence-corrected chi connectivity index (χ4v) is 7.00. The minimum Gasteiger partial charge on any atom is -0.495 e. The lowest BCUT2D eigenvalue weighted by Crippen LogP contribution is -2.04. The SMILES string of the molecule is COc1ccc(CNc2nc(-c3cccnc3)nc3scc(C)c23)cc1Cl.Cc1csc2nc(-c3cccnc3)nc(Cl)c12. The second kappa shape index (κ2) is 13.2. The van der Waals surface area contributed by atoms with Crippen molar-refractivity contribution in [3.05, 3.63) is 105 Å². The number of rotatable bonds is 6. The quantitative estimate of drug-likeness (QED) is 0.177. The van der Waals surface area contributed by atoms with Gasteiger partial charge in [0.15, 0.2) is 11.6 Å². The molecule has 0 bridgehead atoms. The Balaban J connectivity index is 0.000000173. The largest absolute Gasteiger partial charge is 0.495 e. The van der Waals surface area contributed by atoms with E-state index in [0.29, 0.717) is 34.1 Å². The highest BCUT2D eigenvalue weighted by Crippen LogP contribution is 2.33. The Morgan fingerprint density at radius 1 is 0.773 bits per heavy atom. The molecule has 6 aromatic heterocycles. The monoisotopic (exact) mass is 657 g/mol. The Hall–Kier alpha value is -4.22. The van der Waals surface area contributed by atoms with Crippen LogP contribution in [-0.4, -0.2) is 37.0 Å². The second-order valence-corrected chi connectivity index (χ2v) is 12.2. The molecule has 0 radical (unpaired) electrons. The van der Waals surface area contributed by atoms with Crippen LogP contribution < -0.4 is 10.1 Å². The molecule has 0 aliphatic rings. The first-order valence-corrected chi connectivity index (χ1v) is 16.0. The fourth-order valence-electron chi connectivity index (χ4n) is 4.50. The molecule has 0 unspecified atom stereocenters. The van der Waals surface area contributed by atoms with Crippen LogP contribution in [0.25, 0.3) is 43.2 Å². The van der Waals surface area contributed by atoms with Crippen LogP contribution in [0, 0.1) is 13.8 Å². The summed E-state index contributed by atoms with van der Waals surface area (Å²) >= 11 is 15.6. The second-order valence-electron chi connectivity index (χ2n) is 9.74. The summed E-state index contributed by atoms with van der Waals surface area (Å²) in [5.74, 6) is 2.76. The maximum Gasteiger partial charge on any atom is 0.164 e. The third kappa shape index (κ3) is 6.34. The first-order chi connectivity index (χ1) is 21.4. The zero-order valence-corrected chi connectivity index (χ0v) is 27.0. The molecule has 0 saturated carbocycles. The molecule has 0 spiro atoms. The van der Waals surface area contributed by atoms with Crippen molar-refractivity contribution in [1.82, 2.24) is 29.9 Å². The maximum atomic E-state index is 6.24. The third-order valence-electron chi connectivity index (χ3n) is 6.71. The van der Waals surface area contributed by atoms with Gasteiger partial charge in [0.05, 0.1) is 22.9 Å². The third-order valence-corrected chi connectivity index (χ3v) is 9.26. The van der Waals surface area contributed by atoms with Crippen LogP contribution in [-0.2, 0) is 6.54 Å². The highest BCUT2D eigenvalue weighted by molar-refractivity contribution is 7.17. The van der Waals surface area contributed by atoms with E-state index in [1.54, 1.807) is 54.6 Å². The van der Waals surface area contributed by atoms with Gasteiger partial charge in [-0.2, -0.15) is 0 Å². The molecule has 0 aliphatic heterocycles. The number of aryl methyl sites for hydroxylation is 2. The number of benzene rings is 1. The number of hydrogen-bond donors (Lipinski definition) is 1.